The minimum atomic E-state index is 0.567. The van der Waals surface area contributed by atoms with Crippen molar-refractivity contribution in [2.75, 3.05) is 43.0 Å². The molecule has 0 saturated carbocycles. The average molecular weight is 233 g/mol. The maximum atomic E-state index is 3.48. The van der Waals surface area contributed by atoms with Crippen molar-refractivity contribution in [3.8, 4) is 0 Å². The van der Waals surface area contributed by atoms with Gasteiger partial charge in [0.25, 0.3) is 0 Å². The van der Waals surface area contributed by atoms with Crippen molar-refractivity contribution in [2.24, 2.45) is 0 Å². The van der Waals surface area contributed by atoms with Crippen molar-refractivity contribution in [1.29, 1.82) is 0 Å². The number of benzene rings is 1. The van der Waals surface area contributed by atoms with Crippen LogP contribution in [0.25, 0.3) is 0 Å². The van der Waals surface area contributed by atoms with E-state index < -0.39 is 0 Å². The number of anilines is 2. The van der Waals surface area contributed by atoms with Gasteiger partial charge in [-0.3, -0.25) is 0 Å². The van der Waals surface area contributed by atoms with Crippen molar-refractivity contribution >= 4 is 11.4 Å². The van der Waals surface area contributed by atoms with Crippen molar-refractivity contribution < 1.29 is 0 Å². The number of para-hydroxylation sites is 2. The van der Waals surface area contributed by atoms with E-state index in [2.05, 4.69) is 60.3 Å². The van der Waals surface area contributed by atoms with E-state index in [0.29, 0.717) is 6.04 Å². The van der Waals surface area contributed by atoms with E-state index in [0.717, 1.165) is 26.2 Å². The Labute approximate surface area is 104 Å². The molecule has 94 valence electrons. The van der Waals surface area contributed by atoms with Crippen LogP contribution in [0.15, 0.2) is 24.3 Å². The summed E-state index contributed by atoms with van der Waals surface area (Å²) in [5.41, 5.74) is 2.72. The average Bonchev–Trinajstić information content (AvgIpc) is 2.32. The summed E-state index contributed by atoms with van der Waals surface area (Å²) in [7, 11) is 2.17. The van der Waals surface area contributed by atoms with E-state index in [-0.39, 0.29) is 0 Å². The van der Waals surface area contributed by atoms with Crippen LogP contribution in [0.4, 0.5) is 11.4 Å². The number of nitrogens with one attached hydrogen (secondary N) is 1. The maximum absolute atomic E-state index is 3.48. The molecule has 1 heterocycles. The van der Waals surface area contributed by atoms with Gasteiger partial charge in [-0.05, 0) is 12.1 Å². The minimum absolute atomic E-state index is 0.567. The highest BCUT2D eigenvalue weighted by molar-refractivity contribution is 5.73. The lowest BCUT2D eigenvalue weighted by Gasteiger charge is -2.37. The van der Waals surface area contributed by atoms with Gasteiger partial charge in [0, 0.05) is 39.3 Å². The van der Waals surface area contributed by atoms with Gasteiger partial charge in [0.2, 0.25) is 0 Å². The highest BCUT2D eigenvalue weighted by Gasteiger charge is 2.18. The lowest BCUT2D eigenvalue weighted by molar-refractivity contribution is 0.577. The van der Waals surface area contributed by atoms with Crippen molar-refractivity contribution in [3.05, 3.63) is 24.3 Å². The van der Waals surface area contributed by atoms with Gasteiger partial charge >= 0.3 is 0 Å². The maximum Gasteiger partial charge on any atom is 0.0605 e. The van der Waals surface area contributed by atoms with E-state index >= 15 is 0 Å². The van der Waals surface area contributed by atoms with Gasteiger partial charge in [-0.25, -0.2) is 0 Å². The fraction of sp³-hybridized carbons (Fsp3) is 0.571. The van der Waals surface area contributed by atoms with Crippen LogP contribution in [0.2, 0.25) is 0 Å². The molecule has 1 aromatic rings. The van der Waals surface area contributed by atoms with Gasteiger partial charge < -0.3 is 15.1 Å². The van der Waals surface area contributed by atoms with Crippen LogP contribution in [0, 0.1) is 0 Å². The van der Waals surface area contributed by atoms with Crippen molar-refractivity contribution in [1.82, 2.24) is 5.32 Å². The topological polar surface area (TPSA) is 18.5 Å². The Morgan fingerprint density at radius 2 is 1.88 bits per heavy atom. The minimum Gasteiger partial charge on any atom is -0.371 e. The monoisotopic (exact) mass is 233 g/mol. The Morgan fingerprint density at radius 1 is 1.18 bits per heavy atom. The van der Waals surface area contributed by atoms with Crippen LogP contribution in [-0.2, 0) is 0 Å². The van der Waals surface area contributed by atoms with Gasteiger partial charge in [0.15, 0.2) is 0 Å². The van der Waals surface area contributed by atoms with Gasteiger partial charge in [-0.1, -0.05) is 26.0 Å². The third-order valence-corrected chi connectivity index (χ3v) is 3.27. The molecule has 0 aromatic heterocycles. The molecule has 0 fully saturated rings. The number of rotatable bonds is 4. The number of likely N-dealkylation sites (N-methyl/N-ethyl adjacent to an activating group) is 1. The predicted octanol–water partition coefficient (Wildman–Crippen LogP) is 1.94. The number of hydrogen-bond acceptors (Lipinski definition) is 3. The smallest absolute Gasteiger partial charge is 0.0605 e. The molecule has 0 radical (unpaired) electrons. The lowest BCUT2D eigenvalue weighted by Crippen LogP contribution is -2.42. The third kappa shape index (κ3) is 2.91. The molecule has 0 atom stereocenters. The Kier molecular flexibility index (Phi) is 3.89. The molecule has 0 aliphatic carbocycles. The first-order valence-electron chi connectivity index (χ1n) is 6.47. The first kappa shape index (κ1) is 12.2. The number of nitrogens with zero attached hydrogens (tertiary/aromatic N) is 2. The molecule has 0 unspecified atom stereocenters. The first-order valence-corrected chi connectivity index (χ1v) is 6.47. The van der Waals surface area contributed by atoms with E-state index in [1.165, 1.54) is 11.4 Å². The predicted molar refractivity (Wildman–Crippen MR) is 75.1 cm³/mol. The van der Waals surface area contributed by atoms with Crippen LogP contribution in [0.5, 0.6) is 0 Å². The van der Waals surface area contributed by atoms with E-state index in [4.69, 9.17) is 0 Å². The molecule has 1 aromatic carbocycles. The number of fused-ring (bicyclic) bond motifs is 1. The largest absolute Gasteiger partial charge is 0.371 e. The fourth-order valence-corrected chi connectivity index (χ4v) is 2.29. The molecular weight excluding hydrogens is 210 g/mol. The zero-order valence-corrected chi connectivity index (χ0v) is 11.1. The molecule has 17 heavy (non-hydrogen) atoms. The zero-order valence-electron chi connectivity index (χ0n) is 11.1. The van der Waals surface area contributed by atoms with Gasteiger partial charge in [-0.15, -0.1) is 0 Å². The third-order valence-electron chi connectivity index (χ3n) is 3.27. The van der Waals surface area contributed by atoms with E-state index in [9.17, 15) is 0 Å². The lowest BCUT2D eigenvalue weighted by atomic mass is 10.2. The molecule has 3 nitrogen and oxygen atoms in total. The Hall–Kier alpha value is -1.22. The molecule has 0 spiro atoms. The Bertz CT molecular complexity index is 362. The van der Waals surface area contributed by atoms with Gasteiger partial charge in [0.1, 0.15) is 0 Å². The highest BCUT2D eigenvalue weighted by Crippen LogP contribution is 2.31. The summed E-state index contributed by atoms with van der Waals surface area (Å²) in [6, 6.07) is 9.24. The number of hydrogen-bond donors (Lipinski definition) is 1. The van der Waals surface area contributed by atoms with Crippen LogP contribution in [0.1, 0.15) is 13.8 Å². The molecule has 3 heteroatoms. The van der Waals surface area contributed by atoms with Crippen LogP contribution in [0.3, 0.4) is 0 Å². The van der Waals surface area contributed by atoms with Crippen LogP contribution < -0.4 is 15.1 Å². The molecule has 0 saturated heterocycles. The SMILES string of the molecule is CC(C)NCCN1CCN(C)c2ccccc21. The summed E-state index contributed by atoms with van der Waals surface area (Å²) in [6.45, 7) is 8.75. The normalized spacial score (nSPS) is 15.3. The summed E-state index contributed by atoms with van der Waals surface area (Å²) in [4.78, 5) is 4.81. The molecule has 1 aliphatic rings. The molecule has 0 bridgehead atoms. The second kappa shape index (κ2) is 5.41. The summed E-state index contributed by atoms with van der Waals surface area (Å²) in [5.74, 6) is 0. The fourth-order valence-electron chi connectivity index (χ4n) is 2.29. The van der Waals surface area contributed by atoms with Gasteiger partial charge in [0.05, 0.1) is 11.4 Å². The molecule has 1 N–H and O–H groups in total. The van der Waals surface area contributed by atoms with E-state index in [1.807, 2.05) is 0 Å². The zero-order chi connectivity index (χ0) is 12.3. The summed E-state index contributed by atoms with van der Waals surface area (Å²) >= 11 is 0. The standard InChI is InChI=1S/C14H23N3/c1-12(2)15-8-9-17-11-10-16(3)13-6-4-5-7-14(13)17/h4-7,12,15H,8-11H2,1-3H3. The summed E-state index contributed by atoms with van der Waals surface area (Å²) in [5, 5.41) is 3.48. The van der Waals surface area contributed by atoms with E-state index in [1.54, 1.807) is 0 Å². The molecular formula is C14H23N3. The Balaban J connectivity index is 2.03. The second-order valence-electron chi connectivity index (χ2n) is 5.01. The van der Waals surface area contributed by atoms with Crippen molar-refractivity contribution in [2.45, 2.75) is 19.9 Å². The summed E-state index contributed by atoms with van der Waals surface area (Å²) < 4.78 is 0. The quantitative estimate of drug-likeness (QED) is 0.857. The van der Waals surface area contributed by atoms with Crippen LogP contribution in [-0.4, -0.2) is 39.3 Å². The first-order chi connectivity index (χ1) is 8.18. The van der Waals surface area contributed by atoms with Crippen molar-refractivity contribution in [3.63, 3.8) is 0 Å². The van der Waals surface area contributed by atoms with Gasteiger partial charge in [-0.2, -0.15) is 0 Å². The summed E-state index contributed by atoms with van der Waals surface area (Å²) in [6.07, 6.45) is 0. The molecule has 1 aliphatic heterocycles. The highest BCUT2D eigenvalue weighted by atomic mass is 15.3. The molecule has 0 amide bonds. The Morgan fingerprint density at radius 3 is 2.59 bits per heavy atom. The second-order valence-corrected chi connectivity index (χ2v) is 5.01. The molecule has 2 rings (SSSR count). The van der Waals surface area contributed by atoms with Crippen LogP contribution >= 0.6 is 0 Å².